The van der Waals surface area contributed by atoms with Gasteiger partial charge in [-0.25, -0.2) is 0 Å². The van der Waals surface area contributed by atoms with Crippen LogP contribution in [0.3, 0.4) is 0 Å². The van der Waals surface area contributed by atoms with Crippen LogP contribution in [0.4, 0.5) is 5.69 Å². The molecule has 5 nitrogen and oxygen atoms in total. The van der Waals surface area contributed by atoms with E-state index in [9.17, 15) is 0 Å². The number of fused-ring (bicyclic) bond motifs is 1. The van der Waals surface area contributed by atoms with Crippen LogP contribution < -0.4 is 4.90 Å². The first-order valence-corrected chi connectivity index (χ1v) is 6.16. The molecule has 1 fully saturated rings. The van der Waals surface area contributed by atoms with E-state index in [4.69, 9.17) is 0 Å². The zero-order valence-electron chi connectivity index (χ0n) is 10.3. The van der Waals surface area contributed by atoms with Gasteiger partial charge in [0.2, 0.25) is 5.65 Å². The number of piperidine rings is 1. The van der Waals surface area contributed by atoms with Crippen molar-refractivity contribution in [3.05, 3.63) is 18.1 Å². The highest BCUT2D eigenvalue weighted by Gasteiger charge is 2.19. The van der Waals surface area contributed by atoms with Crippen LogP contribution >= 0.6 is 0 Å². The molecule has 0 spiro atoms. The standard InChI is InChI=1S/C12H17N5/c1-9-3-5-16(6-4-9)11-7-10(2)15-17-8-13-14-12(11)17/h7-9H,3-6H2,1-2H3. The second-order valence-electron chi connectivity index (χ2n) is 4.94. The normalized spacial score (nSPS) is 17.9. The van der Waals surface area contributed by atoms with Crippen LogP contribution in [-0.2, 0) is 0 Å². The smallest absolute Gasteiger partial charge is 0.200 e. The van der Waals surface area contributed by atoms with Crippen LogP contribution in [0.1, 0.15) is 25.5 Å². The van der Waals surface area contributed by atoms with Crippen molar-refractivity contribution in [2.45, 2.75) is 26.7 Å². The number of aryl methyl sites for hydroxylation is 1. The maximum absolute atomic E-state index is 4.37. The summed E-state index contributed by atoms with van der Waals surface area (Å²) in [7, 11) is 0. The fraction of sp³-hybridized carbons (Fsp3) is 0.583. The maximum atomic E-state index is 4.37. The van der Waals surface area contributed by atoms with Crippen LogP contribution in [0, 0.1) is 12.8 Å². The Morgan fingerprint density at radius 3 is 2.82 bits per heavy atom. The molecule has 17 heavy (non-hydrogen) atoms. The Hall–Kier alpha value is -1.65. The van der Waals surface area contributed by atoms with Gasteiger partial charge in [0, 0.05) is 13.1 Å². The molecule has 0 atom stereocenters. The predicted molar refractivity (Wildman–Crippen MR) is 66.1 cm³/mol. The summed E-state index contributed by atoms with van der Waals surface area (Å²) < 4.78 is 1.77. The van der Waals surface area contributed by atoms with Gasteiger partial charge in [-0.1, -0.05) is 6.92 Å². The Labute approximate surface area is 100 Å². The van der Waals surface area contributed by atoms with Crippen LogP contribution in [0.15, 0.2) is 12.4 Å². The summed E-state index contributed by atoms with van der Waals surface area (Å²) in [6, 6.07) is 2.11. The summed E-state index contributed by atoms with van der Waals surface area (Å²) in [6.07, 6.45) is 4.17. The molecule has 0 radical (unpaired) electrons. The molecule has 90 valence electrons. The molecule has 0 N–H and O–H groups in total. The first kappa shape index (κ1) is 10.5. The average Bonchev–Trinajstić information content (AvgIpc) is 2.77. The lowest BCUT2D eigenvalue weighted by molar-refractivity contribution is 0.438. The molecule has 2 aromatic heterocycles. The van der Waals surface area contributed by atoms with E-state index >= 15 is 0 Å². The van der Waals surface area contributed by atoms with Crippen molar-refractivity contribution < 1.29 is 0 Å². The van der Waals surface area contributed by atoms with Crippen LogP contribution in [0.5, 0.6) is 0 Å². The third-order valence-corrected chi connectivity index (χ3v) is 3.49. The first-order valence-electron chi connectivity index (χ1n) is 6.16. The van der Waals surface area contributed by atoms with Gasteiger partial charge in [0.25, 0.3) is 0 Å². The number of rotatable bonds is 1. The van der Waals surface area contributed by atoms with E-state index in [2.05, 4.69) is 33.2 Å². The molecule has 1 aliphatic rings. The number of aromatic nitrogens is 4. The predicted octanol–water partition coefficient (Wildman–Crippen LogP) is 1.67. The molecule has 0 saturated carbocycles. The summed E-state index contributed by atoms with van der Waals surface area (Å²) in [5, 5.41) is 12.5. The van der Waals surface area contributed by atoms with Gasteiger partial charge in [0.1, 0.15) is 6.33 Å². The van der Waals surface area contributed by atoms with Crippen LogP contribution in [-0.4, -0.2) is 32.9 Å². The van der Waals surface area contributed by atoms with Gasteiger partial charge in [-0.15, -0.1) is 10.2 Å². The summed E-state index contributed by atoms with van der Waals surface area (Å²) in [5.74, 6) is 0.836. The Kier molecular flexibility index (Phi) is 2.46. The van der Waals surface area contributed by atoms with Gasteiger partial charge in [-0.05, 0) is 31.7 Å². The quantitative estimate of drug-likeness (QED) is 0.749. The molecule has 2 aromatic rings. The Morgan fingerprint density at radius 1 is 1.29 bits per heavy atom. The molecule has 0 bridgehead atoms. The minimum absolute atomic E-state index is 0.836. The highest BCUT2D eigenvalue weighted by Crippen LogP contribution is 2.25. The second kappa shape index (κ2) is 3.98. The molecule has 0 aliphatic carbocycles. The molecule has 3 rings (SSSR count). The molecule has 0 unspecified atom stereocenters. The van der Waals surface area contributed by atoms with Crippen molar-refractivity contribution in [1.82, 2.24) is 19.8 Å². The van der Waals surface area contributed by atoms with Crippen molar-refractivity contribution >= 4 is 11.3 Å². The first-order chi connectivity index (χ1) is 8.24. The molecule has 1 aliphatic heterocycles. The van der Waals surface area contributed by atoms with Crippen molar-refractivity contribution in [1.29, 1.82) is 0 Å². The Bertz CT molecular complexity index is 525. The third kappa shape index (κ3) is 1.85. The number of nitrogens with zero attached hydrogens (tertiary/aromatic N) is 5. The lowest BCUT2D eigenvalue weighted by Crippen LogP contribution is -2.33. The highest BCUT2D eigenvalue weighted by molar-refractivity contribution is 5.68. The van der Waals surface area contributed by atoms with E-state index in [1.54, 1.807) is 10.8 Å². The van der Waals surface area contributed by atoms with E-state index in [1.807, 2.05) is 6.92 Å². The van der Waals surface area contributed by atoms with Gasteiger partial charge >= 0.3 is 0 Å². The van der Waals surface area contributed by atoms with Gasteiger partial charge < -0.3 is 4.90 Å². The van der Waals surface area contributed by atoms with E-state index in [1.165, 1.54) is 18.5 Å². The van der Waals surface area contributed by atoms with E-state index < -0.39 is 0 Å². The molecular weight excluding hydrogens is 214 g/mol. The average molecular weight is 231 g/mol. The Balaban J connectivity index is 2.01. The molecule has 5 heteroatoms. The van der Waals surface area contributed by atoms with Crippen LogP contribution in [0.2, 0.25) is 0 Å². The van der Waals surface area contributed by atoms with Crippen molar-refractivity contribution in [3.8, 4) is 0 Å². The number of anilines is 1. The summed E-state index contributed by atoms with van der Waals surface area (Å²) in [5.41, 5.74) is 3.04. The SMILES string of the molecule is Cc1cc(N2CCC(C)CC2)c2nncn2n1. The minimum atomic E-state index is 0.836. The van der Waals surface area contributed by atoms with Gasteiger partial charge in [-0.3, -0.25) is 0 Å². The van der Waals surface area contributed by atoms with E-state index in [0.717, 1.165) is 30.3 Å². The van der Waals surface area contributed by atoms with Crippen molar-refractivity contribution in [2.24, 2.45) is 5.92 Å². The fourth-order valence-electron chi connectivity index (χ4n) is 2.42. The monoisotopic (exact) mass is 231 g/mol. The molecule has 0 amide bonds. The zero-order valence-corrected chi connectivity index (χ0v) is 10.3. The van der Waals surface area contributed by atoms with E-state index in [0.29, 0.717) is 0 Å². The zero-order chi connectivity index (χ0) is 11.8. The van der Waals surface area contributed by atoms with Crippen LogP contribution in [0.25, 0.3) is 5.65 Å². The Morgan fingerprint density at radius 2 is 2.06 bits per heavy atom. The van der Waals surface area contributed by atoms with Gasteiger partial charge in [0.15, 0.2) is 0 Å². The molecule has 3 heterocycles. The summed E-state index contributed by atoms with van der Waals surface area (Å²) in [6.45, 7) is 6.54. The number of hydrogen-bond donors (Lipinski definition) is 0. The van der Waals surface area contributed by atoms with Gasteiger partial charge in [-0.2, -0.15) is 9.61 Å². The summed E-state index contributed by atoms with van der Waals surface area (Å²) >= 11 is 0. The van der Waals surface area contributed by atoms with Crippen molar-refractivity contribution in [3.63, 3.8) is 0 Å². The third-order valence-electron chi connectivity index (χ3n) is 3.49. The second-order valence-corrected chi connectivity index (χ2v) is 4.94. The summed E-state index contributed by atoms with van der Waals surface area (Å²) in [4.78, 5) is 2.40. The molecule has 0 aromatic carbocycles. The fourth-order valence-corrected chi connectivity index (χ4v) is 2.42. The lowest BCUT2D eigenvalue weighted by Gasteiger charge is -2.32. The van der Waals surface area contributed by atoms with E-state index in [-0.39, 0.29) is 0 Å². The highest BCUT2D eigenvalue weighted by atomic mass is 15.4. The largest absolute Gasteiger partial charge is 0.368 e. The van der Waals surface area contributed by atoms with Crippen molar-refractivity contribution in [2.75, 3.05) is 18.0 Å². The molecule has 1 saturated heterocycles. The topological polar surface area (TPSA) is 46.3 Å². The maximum Gasteiger partial charge on any atom is 0.200 e. The number of hydrogen-bond acceptors (Lipinski definition) is 4. The molecular formula is C12H17N5. The minimum Gasteiger partial charge on any atom is -0.368 e. The lowest BCUT2D eigenvalue weighted by atomic mass is 9.99. The van der Waals surface area contributed by atoms with Gasteiger partial charge in [0.05, 0.1) is 11.4 Å².